The van der Waals surface area contributed by atoms with Gasteiger partial charge in [-0.25, -0.2) is 0 Å². The van der Waals surface area contributed by atoms with Crippen molar-refractivity contribution in [1.82, 2.24) is 4.90 Å². The molecule has 0 spiro atoms. The van der Waals surface area contributed by atoms with Gasteiger partial charge in [-0.3, -0.25) is 4.55 Å². The van der Waals surface area contributed by atoms with Crippen LogP contribution in [0.3, 0.4) is 0 Å². The summed E-state index contributed by atoms with van der Waals surface area (Å²) >= 11 is 0. The van der Waals surface area contributed by atoms with E-state index in [2.05, 4.69) is 0 Å². The third-order valence-electron chi connectivity index (χ3n) is 1.37. The van der Waals surface area contributed by atoms with Gasteiger partial charge in [-0.1, -0.05) is 0 Å². The van der Waals surface area contributed by atoms with Gasteiger partial charge < -0.3 is 9.64 Å². The lowest BCUT2D eigenvalue weighted by molar-refractivity contribution is 0.169. The summed E-state index contributed by atoms with van der Waals surface area (Å²) in [5, 5.41) is -0.155. The highest BCUT2D eigenvalue weighted by Crippen LogP contribution is 2.21. The molecule has 1 aliphatic heterocycles. The Hall–Kier alpha value is -0.460. The van der Waals surface area contributed by atoms with Crippen molar-refractivity contribution >= 4 is 22.5 Å². The molecule has 1 rings (SSSR count). The van der Waals surface area contributed by atoms with Gasteiger partial charge in [0.05, 0.1) is 0 Å². The Bertz CT molecular complexity index is 297. The minimum Gasteiger partial charge on any atom is -0.475 e. The van der Waals surface area contributed by atoms with E-state index in [0.717, 1.165) is 0 Å². The van der Waals surface area contributed by atoms with Crippen LogP contribution in [0.1, 0.15) is 6.92 Å². The van der Waals surface area contributed by atoms with Crippen molar-refractivity contribution < 1.29 is 17.7 Å². The maximum Gasteiger partial charge on any atom is 0.313 e. The number of hydrogen-bond acceptors (Lipinski definition) is 4. The highest BCUT2D eigenvalue weighted by Gasteiger charge is 2.27. The molecule has 1 heterocycles. The van der Waals surface area contributed by atoms with E-state index in [0.29, 0.717) is 0 Å². The molecular formula is C5H10ClNO4S. The molecule has 0 saturated carbocycles. The quantitative estimate of drug-likeness (QED) is 0.642. The van der Waals surface area contributed by atoms with Crippen molar-refractivity contribution in [3.05, 3.63) is 10.8 Å². The van der Waals surface area contributed by atoms with Crippen LogP contribution in [0.15, 0.2) is 10.8 Å². The molecule has 0 aromatic heterocycles. The van der Waals surface area contributed by atoms with E-state index in [1.54, 1.807) is 0 Å². The SMILES string of the molecule is CC1=C(S(=O)(=O)O)N(C)CO1.Cl. The predicted molar refractivity (Wildman–Crippen MR) is 45.2 cm³/mol. The molecule has 0 saturated heterocycles. The number of nitrogens with zero attached hydrogens (tertiary/aromatic N) is 1. The van der Waals surface area contributed by atoms with Crippen LogP contribution < -0.4 is 0 Å². The molecule has 0 bridgehead atoms. The van der Waals surface area contributed by atoms with Gasteiger partial charge in [-0.2, -0.15) is 8.42 Å². The molecule has 0 aliphatic carbocycles. The van der Waals surface area contributed by atoms with Crippen molar-refractivity contribution in [1.29, 1.82) is 0 Å². The molecule has 7 heteroatoms. The van der Waals surface area contributed by atoms with Gasteiger partial charge in [0.1, 0.15) is 5.76 Å². The molecule has 12 heavy (non-hydrogen) atoms. The molecule has 72 valence electrons. The summed E-state index contributed by atoms with van der Waals surface area (Å²) in [6.45, 7) is 1.66. The van der Waals surface area contributed by atoms with Gasteiger partial charge in [0.2, 0.25) is 0 Å². The Labute approximate surface area is 77.2 Å². The third kappa shape index (κ3) is 2.02. The van der Waals surface area contributed by atoms with E-state index in [-0.39, 0.29) is 29.9 Å². The van der Waals surface area contributed by atoms with Crippen LogP contribution in [-0.2, 0) is 14.9 Å². The van der Waals surface area contributed by atoms with E-state index in [9.17, 15) is 8.42 Å². The van der Waals surface area contributed by atoms with Crippen molar-refractivity contribution in [3.63, 3.8) is 0 Å². The third-order valence-corrected chi connectivity index (χ3v) is 2.45. The Morgan fingerprint density at radius 2 is 2.08 bits per heavy atom. The number of hydrogen-bond donors (Lipinski definition) is 1. The number of halogens is 1. The first kappa shape index (κ1) is 11.5. The maximum atomic E-state index is 10.6. The monoisotopic (exact) mass is 215 g/mol. The summed E-state index contributed by atoms with van der Waals surface area (Å²) in [5.41, 5.74) is 0. The summed E-state index contributed by atoms with van der Waals surface area (Å²) in [5.74, 6) is 0.231. The number of ether oxygens (including phenoxy) is 1. The second kappa shape index (κ2) is 3.51. The molecule has 0 aromatic carbocycles. The van der Waals surface area contributed by atoms with Crippen molar-refractivity contribution in [3.8, 4) is 0 Å². The summed E-state index contributed by atoms with van der Waals surface area (Å²) in [7, 11) is -2.59. The predicted octanol–water partition coefficient (Wildman–Crippen LogP) is 0.405. The van der Waals surface area contributed by atoms with E-state index < -0.39 is 10.1 Å². The summed E-state index contributed by atoms with van der Waals surface area (Å²) in [6.07, 6.45) is 0. The van der Waals surface area contributed by atoms with Gasteiger partial charge in [-0.15, -0.1) is 12.4 Å². The van der Waals surface area contributed by atoms with Crippen LogP contribution in [0.2, 0.25) is 0 Å². The topological polar surface area (TPSA) is 66.8 Å². The first-order valence-corrected chi connectivity index (χ1v) is 4.39. The Morgan fingerprint density at radius 1 is 1.58 bits per heavy atom. The molecule has 1 aliphatic rings. The Balaban J connectivity index is 0.00000121. The highest BCUT2D eigenvalue weighted by atomic mass is 35.5. The molecule has 0 atom stereocenters. The van der Waals surface area contributed by atoms with Crippen LogP contribution in [0.5, 0.6) is 0 Å². The zero-order chi connectivity index (χ0) is 8.65. The van der Waals surface area contributed by atoms with E-state index in [4.69, 9.17) is 9.29 Å². The number of allylic oxidation sites excluding steroid dienone is 1. The zero-order valence-corrected chi connectivity index (χ0v) is 8.28. The maximum absolute atomic E-state index is 10.6. The molecule has 0 unspecified atom stereocenters. The van der Waals surface area contributed by atoms with Crippen LogP contribution in [0.25, 0.3) is 0 Å². The molecular weight excluding hydrogens is 206 g/mol. The van der Waals surface area contributed by atoms with E-state index in [1.807, 2.05) is 0 Å². The summed E-state index contributed by atoms with van der Waals surface area (Å²) in [6, 6.07) is 0. The first-order chi connectivity index (χ1) is 4.93. The molecule has 0 fully saturated rings. The fourth-order valence-corrected chi connectivity index (χ4v) is 1.83. The van der Waals surface area contributed by atoms with Gasteiger partial charge in [-0.05, 0) is 6.92 Å². The fraction of sp³-hybridized carbons (Fsp3) is 0.600. The van der Waals surface area contributed by atoms with Crippen molar-refractivity contribution in [2.45, 2.75) is 6.92 Å². The Kier molecular flexibility index (Phi) is 3.37. The standard InChI is InChI=1S/C5H9NO4S.ClH/c1-4-5(11(7,8)9)6(2)3-10-4;/h3H2,1-2H3,(H,7,8,9);1H. The van der Waals surface area contributed by atoms with Crippen LogP contribution in [0, 0.1) is 0 Å². The summed E-state index contributed by atoms with van der Waals surface area (Å²) < 4.78 is 34.8. The molecule has 0 amide bonds. The van der Waals surface area contributed by atoms with Gasteiger partial charge >= 0.3 is 10.1 Å². The minimum atomic E-state index is -4.12. The van der Waals surface area contributed by atoms with Gasteiger partial charge in [0, 0.05) is 7.05 Å². The van der Waals surface area contributed by atoms with E-state index >= 15 is 0 Å². The largest absolute Gasteiger partial charge is 0.475 e. The van der Waals surface area contributed by atoms with Crippen molar-refractivity contribution in [2.24, 2.45) is 0 Å². The highest BCUT2D eigenvalue weighted by molar-refractivity contribution is 7.89. The lowest BCUT2D eigenvalue weighted by Crippen LogP contribution is -2.19. The second-order valence-electron chi connectivity index (χ2n) is 2.31. The molecule has 5 nitrogen and oxygen atoms in total. The number of rotatable bonds is 1. The minimum absolute atomic E-state index is 0. The van der Waals surface area contributed by atoms with Crippen LogP contribution in [0.4, 0.5) is 0 Å². The molecule has 1 N–H and O–H groups in total. The normalized spacial score (nSPS) is 17.4. The van der Waals surface area contributed by atoms with Crippen LogP contribution in [-0.4, -0.2) is 31.6 Å². The van der Waals surface area contributed by atoms with Crippen molar-refractivity contribution in [2.75, 3.05) is 13.8 Å². The molecule has 0 radical (unpaired) electrons. The molecule has 0 aromatic rings. The lowest BCUT2D eigenvalue weighted by atomic mass is 10.6. The fourth-order valence-electron chi connectivity index (χ4n) is 0.961. The van der Waals surface area contributed by atoms with Crippen LogP contribution >= 0.6 is 12.4 Å². The van der Waals surface area contributed by atoms with E-state index in [1.165, 1.54) is 18.9 Å². The lowest BCUT2D eigenvalue weighted by Gasteiger charge is -2.09. The van der Waals surface area contributed by atoms with Gasteiger partial charge in [0.15, 0.2) is 11.8 Å². The average Bonchev–Trinajstić information content (AvgIpc) is 2.08. The zero-order valence-electron chi connectivity index (χ0n) is 6.64. The Morgan fingerprint density at radius 3 is 2.25 bits per heavy atom. The van der Waals surface area contributed by atoms with Gasteiger partial charge in [0.25, 0.3) is 0 Å². The average molecular weight is 216 g/mol. The second-order valence-corrected chi connectivity index (χ2v) is 3.64. The first-order valence-electron chi connectivity index (χ1n) is 2.95. The summed E-state index contributed by atoms with van der Waals surface area (Å²) in [4.78, 5) is 1.32. The smallest absolute Gasteiger partial charge is 0.313 e.